The number of rotatable bonds is 3. The summed E-state index contributed by atoms with van der Waals surface area (Å²) in [6, 6.07) is 7.38. The fraction of sp³-hybridized carbons (Fsp3) is 0.400. The molecule has 1 rings (SSSR count). The maximum absolute atomic E-state index is 11.8. The average molecular weight is 203 g/mol. The predicted molar refractivity (Wildman–Crippen MR) is 48.9 cm³/mol. The van der Waals surface area contributed by atoms with Crippen LogP contribution in [0.3, 0.4) is 0 Å². The van der Waals surface area contributed by atoms with Crippen molar-refractivity contribution < 1.29 is 13.2 Å². The van der Waals surface area contributed by atoms with Crippen LogP contribution in [0.4, 0.5) is 13.2 Å². The van der Waals surface area contributed by atoms with Gasteiger partial charge in [-0.3, -0.25) is 0 Å². The molecule has 1 aromatic carbocycles. The molecule has 78 valence electrons. The fourth-order valence-corrected chi connectivity index (χ4v) is 1.15. The third-order valence-electron chi connectivity index (χ3n) is 1.90. The fourth-order valence-electron chi connectivity index (χ4n) is 1.15. The minimum absolute atomic E-state index is 0.256. The van der Waals surface area contributed by atoms with Crippen molar-refractivity contribution in [1.29, 1.82) is 0 Å². The minimum atomic E-state index is -4.14. The van der Waals surface area contributed by atoms with Crippen molar-refractivity contribution >= 4 is 0 Å². The first kappa shape index (κ1) is 11.0. The number of benzene rings is 1. The summed E-state index contributed by atoms with van der Waals surface area (Å²) >= 11 is 0. The lowest BCUT2D eigenvalue weighted by Crippen LogP contribution is -2.28. The van der Waals surface area contributed by atoms with Crippen LogP contribution in [-0.2, 0) is 6.54 Å². The number of nitrogens with one attached hydrogen (secondary N) is 1. The van der Waals surface area contributed by atoms with Crippen LogP contribution in [0, 0.1) is 6.92 Å². The summed E-state index contributed by atoms with van der Waals surface area (Å²) < 4.78 is 35.4. The predicted octanol–water partition coefficient (Wildman–Crippen LogP) is 2.65. The Labute approximate surface area is 80.9 Å². The van der Waals surface area contributed by atoms with E-state index in [1.165, 1.54) is 0 Å². The molecule has 0 aliphatic carbocycles. The molecule has 0 heterocycles. The molecule has 0 radical (unpaired) electrons. The third kappa shape index (κ3) is 3.79. The monoisotopic (exact) mass is 203 g/mol. The summed E-state index contributed by atoms with van der Waals surface area (Å²) in [5.41, 5.74) is 1.90. The van der Waals surface area contributed by atoms with Crippen molar-refractivity contribution in [2.45, 2.75) is 19.6 Å². The number of halogens is 3. The molecule has 0 atom stereocenters. The lowest BCUT2D eigenvalue weighted by Gasteiger charge is -2.09. The van der Waals surface area contributed by atoms with E-state index >= 15 is 0 Å². The third-order valence-corrected chi connectivity index (χ3v) is 1.90. The molecule has 1 aromatic rings. The van der Waals surface area contributed by atoms with Crippen LogP contribution in [0.25, 0.3) is 0 Å². The van der Waals surface area contributed by atoms with E-state index in [-0.39, 0.29) is 6.54 Å². The zero-order chi connectivity index (χ0) is 10.6. The van der Waals surface area contributed by atoms with Gasteiger partial charge in [0.25, 0.3) is 0 Å². The largest absolute Gasteiger partial charge is 0.401 e. The smallest absolute Gasteiger partial charge is 0.305 e. The van der Waals surface area contributed by atoms with E-state index in [2.05, 4.69) is 5.32 Å². The second-order valence-electron chi connectivity index (χ2n) is 3.15. The first-order chi connectivity index (χ1) is 6.49. The molecule has 14 heavy (non-hydrogen) atoms. The molecule has 0 aromatic heterocycles. The quantitative estimate of drug-likeness (QED) is 0.796. The standard InChI is InChI=1S/C10H12F3N/c1-8-4-2-3-5-9(8)6-14-7-10(11,12)13/h2-5,14H,6-7H2,1H3. The number of hydrogen-bond donors (Lipinski definition) is 1. The van der Waals surface area contributed by atoms with Crippen molar-refractivity contribution in [3.8, 4) is 0 Å². The molecular formula is C10H12F3N. The van der Waals surface area contributed by atoms with E-state index in [1.54, 1.807) is 0 Å². The SMILES string of the molecule is Cc1ccccc1CNCC(F)(F)F. The Bertz CT molecular complexity index is 294. The molecule has 0 fully saturated rings. The van der Waals surface area contributed by atoms with E-state index < -0.39 is 12.7 Å². The molecule has 0 aliphatic rings. The first-order valence-corrected chi connectivity index (χ1v) is 4.31. The molecule has 0 spiro atoms. The van der Waals surface area contributed by atoms with Crippen LogP contribution in [0.2, 0.25) is 0 Å². The van der Waals surface area contributed by atoms with E-state index in [1.807, 2.05) is 31.2 Å². The molecule has 1 N–H and O–H groups in total. The summed E-state index contributed by atoms with van der Waals surface area (Å²) in [5.74, 6) is 0. The zero-order valence-corrected chi connectivity index (χ0v) is 7.86. The normalized spacial score (nSPS) is 11.7. The Hall–Kier alpha value is -1.03. The lowest BCUT2D eigenvalue weighted by atomic mass is 10.1. The van der Waals surface area contributed by atoms with Gasteiger partial charge in [-0.15, -0.1) is 0 Å². The second-order valence-corrected chi connectivity index (χ2v) is 3.15. The highest BCUT2D eigenvalue weighted by Gasteiger charge is 2.26. The highest BCUT2D eigenvalue weighted by Crippen LogP contribution is 2.13. The van der Waals surface area contributed by atoms with Gasteiger partial charge in [0, 0.05) is 6.54 Å². The molecule has 0 amide bonds. The lowest BCUT2D eigenvalue weighted by molar-refractivity contribution is -0.125. The van der Waals surface area contributed by atoms with Gasteiger partial charge in [-0.05, 0) is 18.1 Å². The van der Waals surface area contributed by atoms with Gasteiger partial charge in [0.2, 0.25) is 0 Å². The molecule has 0 unspecified atom stereocenters. The van der Waals surface area contributed by atoms with Crippen molar-refractivity contribution in [1.82, 2.24) is 5.32 Å². The maximum atomic E-state index is 11.8. The van der Waals surface area contributed by atoms with Crippen LogP contribution in [-0.4, -0.2) is 12.7 Å². The van der Waals surface area contributed by atoms with Crippen molar-refractivity contribution in [2.24, 2.45) is 0 Å². The Kier molecular flexibility index (Phi) is 3.52. The maximum Gasteiger partial charge on any atom is 0.401 e. The highest BCUT2D eigenvalue weighted by atomic mass is 19.4. The van der Waals surface area contributed by atoms with Gasteiger partial charge >= 0.3 is 6.18 Å². The molecule has 4 heteroatoms. The van der Waals surface area contributed by atoms with Crippen LogP contribution >= 0.6 is 0 Å². The molecule has 0 aliphatic heterocycles. The average Bonchev–Trinajstić information content (AvgIpc) is 2.06. The summed E-state index contributed by atoms with van der Waals surface area (Å²) in [6.45, 7) is 1.19. The Morgan fingerprint density at radius 3 is 2.43 bits per heavy atom. The van der Waals surface area contributed by atoms with E-state index in [9.17, 15) is 13.2 Å². The summed E-state index contributed by atoms with van der Waals surface area (Å²) in [7, 11) is 0. The van der Waals surface area contributed by atoms with Crippen LogP contribution in [0.15, 0.2) is 24.3 Å². The van der Waals surface area contributed by atoms with Gasteiger partial charge in [0.05, 0.1) is 6.54 Å². The van der Waals surface area contributed by atoms with Gasteiger partial charge < -0.3 is 5.32 Å². The van der Waals surface area contributed by atoms with Gasteiger partial charge in [-0.25, -0.2) is 0 Å². The molecule has 0 saturated carbocycles. The summed E-state index contributed by atoms with van der Waals surface area (Å²) in [5, 5.41) is 2.36. The Morgan fingerprint density at radius 1 is 1.21 bits per heavy atom. The topological polar surface area (TPSA) is 12.0 Å². The number of alkyl halides is 3. The Balaban J connectivity index is 2.43. The van der Waals surface area contributed by atoms with Gasteiger partial charge in [-0.1, -0.05) is 24.3 Å². The van der Waals surface area contributed by atoms with E-state index in [0.717, 1.165) is 11.1 Å². The van der Waals surface area contributed by atoms with Crippen molar-refractivity contribution in [2.75, 3.05) is 6.54 Å². The summed E-state index contributed by atoms with van der Waals surface area (Å²) in [6.07, 6.45) is -4.14. The minimum Gasteiger partial charge on any atom is -0.305 e. The molecule has 0 bridgehead atoms. The van der Waals surface area contributed by atoms with Crippen LogP contribution < -0.4 is 5.32 Å². The summed E-state index contributed by atoms with van der Waals surface area (Å²) in [4.78, 5) is 0. The second kappa shape index (κ2) is 4.46. The Morgan fingerprint density at radius 2 is 1.86 bits per heavy atom. The number of hydrogen-bond acceptors (Lipinski definition) is 1. The van der Waals surface area contributed by atoms with Crippen molar-refractivity contribution in [3.63, 3.8) is 0 Å². The van der Waals surface area contributed by atoms with Crippen molar-refractivity contribution in [3.05, 3.63) is 35.4 Å². The first-order valence-electron chi connectivity index (χ1n) is 4.31. The van der Waals surface area contributed by atoms with E-state index in [0.29, 0.717) is 0 Å². The molecule has 1 nitrogen and oxygen atoms in total. The van der Waals surface area contributed by atoms with Gasteiger partial charge in [0.15, 0.2) is 0 Å². The molecule has 0 saturated heterocycles. The van der Waals surface area contributed by atoms with Crippen LogP contribution in [0.5, 0.6) is 0 Å². The molecular weight excluding hydrogens is 191 g/mol. The highest BCUT2D eigenvalue weighted by molar-refractivity contribution is 5.25. The number of aryl methyl sites for hydroxylation is 1. The van der Waals surface area contributed by atoms with E-state index in [4.69, 9.17) is 0 Å². The zero-order valence-electron chi connectivity index (χ0n) is 7.86. The van der Waals surface area contributed by atoms with Gasteiger partial charge in [-0.2, -0.15) is 13.2 Å². The van der Waals surface area contributed by atoms with Crippen LogP contribution in [0.1, 0.15) is 11.1 Å². The van der Waals surface area contributed by atoms with Gasteiger partial charge in [0.1, 0.15) is 0 Å².